The summed E-state index contributed by atoms with van der Waals surface area (Å²) in [7, 11) is 0. The monoisotopic (exact) mass is 309 g/mol. The molecule has 0 aliphatic rings. The molecule has 0 spiro atoms. The predicted octanol–water partition coefficient (Wildman–Crippen LogP) is 4.09. The number of hydrogen-bond donors (Lipinski definition) is 1. The molecular formula is C17H24FNO3. The highest BCUT2D eigenvalue weighted by molar-refractivity contribution is 5.96. The molecule has 0 radical (unpaired) electrons. The molecule has 0 bridgehead atoms. The van der Waals surface area contributed by atoms with E-state index in [1.807, 2.05) is 13.8 Å². The van der Waals surface area contributed by atoms with Crippen molar-refractivity contribution in [1.82, 2.24) is 5.32 Å². The van der Waals surface area contributed by atoms with Gasteiger partial charge in [-0.25, -0.2) is 9.18 Å². The maximum Gasteiger partial charge on any atom is 0.408 e. The fourth-order valence-corrected chi connectivity index (χ4v) is 1.85. The zero-order valence-electron chi connectivity index (χ0n) is 13.8. The Bertz CT molecular complexity index is 530. The van der Waals surface area contributed by atoms with Gasteiger partial charge in [-0.05, 0) is 65.3 Å². The van der Waals surface area contributed by atoms with Crippen LogP contribution in [-0.4, -0.2) is 23.0 Å². The molecule has 0 unspecified atom stereocenters. The largest absolute Gasteiger partial charge is 0.444 e. The molecule has 0 saturated heterocycles. The predicted molar refractivity (Wildman–Crippen MR) is 83.4 cm³/mol. The lowest BCUT2D eigenvalue weighted by atomic mass is 9.95. The summed E-state index contributed by atoms with van der Waals surface area (Å²) in [5, 5.41) is 2.76. The number of hydrogen-bond acceptors (Lipinski definition) is 3. The van der Waals surface area contributed by atoms with Gasteiger partial charge >= 0.3 is 6.09 Å². The van der Waals surface area contributed by atoms with E-state index in [2.05, 4.69) is 5.32 Å². The molecule has 0 aliphatic heterocycles. The van der Waals surface area contributed by atoms with Crippen LogP contribution in [0.2, 0.25) is 0 Å². The van der Waals surface area contributed by atoms with Crippen molar-refractivity contribution in [2.75, 3.05) is 0 Å². The molecule has 1 amide bonds. The molecule has 0 atom stereocenters. The van der Waals surface area contributed by atoms with Crippen molar-refractivity contribution in [2.45, 2.75) is 58.6 Å². The molecule has 0 heterocycles. The number of halogens is 1. The van der Waals surface area contributed by atoms with Crippen molar-refractivity contribution in [1.29, 1.82) is 0 Å². The van der Waals surface area contributed by atoms with Gasteiger partial charge in [0.2, 0.25) is 0 Å². The Kier molecular flexibility index (Phi) is 5.69. The molecule has 0 aliphatic carbocycles. The summed E-state index contributed by atoms with van der Waals surface area (Å²) in [5.74, 6) is -0.456. The van der Waals surface area contributed by atoms with E-state index in [9.17, 15) is 14.0 Å². The van der Waals surface area contributed by atoms with Crippen LogP contribution >= 0.6 is 0 Å². The van der Waals surface area contributed by atoms with Gasteiger partial charge in [-0.1, -0.05) is 0 Å². The fourth-order valence-electron chi connectivity index (χ4n) is 1.85. The van der Waals surface area contributed by atoms with E-state index < -0.39 is 17.2 Å². The molecule has 0 aromatic heterocycles. The van der Waals surface area contributed by atoms with Crippen LogP contribution in [0, 0.1) is 5.82 Å². The van der Waals surface area contributed by atoms with Crippen LogP contribution in [0.1, 0.15) is 57.8 Å². The normalized spacial score (nSPS) is 11.9. The van der Waals surface area contributed by atoms with Crippen LogP contribution < -0.4 is 5.32 Å². The third-order valence-corrected chi connectivity index (χ3v) is 2.98. The second kappa shape index (κ2) is 6.90. The smallest absolute Gasteiger partial charge is 0.408 e. The topological polar surface area (TPSA) is 55.4 Å². The Morgan fingerprint density at radius 1 is 1.09 bits per heavy atom. The second-order valence-corrected chi connectivity index (χ2v) is 6.94. The second-order valence-electron chi connectivity index (χ2n) is 6.94. The molecule has 0 fully saturated rings. The highest BCUT2D eigenvalue weighted by Gasteiger charge is 2.25. The van der Waals surface area contributed by atoms with Gasteiger partial charge in [0.15, 0.2) is 5.78 Å². The Labute approximate surface area is 131 Å². The first-order chi connectivity index (χ1) is 9.98. The summed E-state index contributed by atoms with van der Waals surface area (Å²) in [4.78, 5) is 23.8. The minimum absolute atomic E-state index is 0.0842. The summed E-state index contributed by atoms with van der Waals surface area (Å²) in [6, 6.07) is 5.45. The minimum Gasteiger partial charge on any atom is -0.444 e. The Morgan fingerprint density at radius 2 is 1.64 bits per heavy atom. The van der Waals surface area contributed by atoms with Crippen molar-refractivity contribution >= 4 is 11.9 Å². The van der Waals surface area contributed by atoms with Crippen molar-refractivity contribution in [3.8, 4) is 0 Å². The van der Waals surface area contributed by atoms with Gasteiger partial charge in [0, 0.05) is 17.5 Å². The molecule has 1 N–H and O–H groups in total. The average Bonchev–Trinajstić information content (AvgIpc) is 2.33. The van der Waals surface area contributed by atoms with Gasteiger partial charge in [-0.3, -0.25) is 4.79 Å². The summed E-state index contributed by atoms with van der Waals surface area (Å²) in [6.07, 6.45) is 0.211. The van der Waals surface area contributed by atoms with Crippen LogP contribution in [0.4, 0.5) is 9.18 Å². The van der Waals surface area contributed by atoms with Gasteiger partial charge in [0.25, 0.3) is 0 Å². The average molecular weight is 309 g/mol. The number of ketones is 1. The van der Waals surface area contributed by atoms with Gasteiger partial charge in [-0.15, -0.1) is 0 Å². The van der Waals surface area contributed by atoms with Crippen molar-refractivity contribution in [2.24, 2.45) is 0 Å². The molecule has 122 valence electrons. The first kappa shape index (κ1) is 18.1. The zero-order chi connectivity index (χ0) is 17.0. The molecule has 22 heavy (non-hydrogen) atoms. The number of alkyl carbamates (subject to hydrolysis) is 1. The number of carbonyl (C=O) groups excluding carboxylic acids is 2. The van der Waals surface area contributed by atoms with Crippen LogP contribution in [0.25, 0.3) is 0 Å². The standard InChI is InChI=1S/C17H24FNO3/c1-16(2,3)22-15(21)19-17(4,5)11-10-14(20)12-6-8-13(18)9-7-12/h6-9H,10-11H2,1-5H3,(H,19,21). The fraction of sp³-hybridized carbons (Fsp3) is 0.529. The third-order valence-electron chi connectivity index (χ3n) is 2.98. The molecule has 0 saturated carbocycles. The number of carbonyl (C=O) groups is 2. The third kappa shape index (κ3) is 6.70. The van der Waals surface area contributed by atoms with E-state index in [4.69, 9.17) is 4.74 Å². The van der Waals surface area contributed by atoms with Crippen molar-refractivity contribution < 1.29 is 18.7 Å². The molecule has 1 aromatic carbocycles. The minimum atomic E-state index is -0.571. The summed E-state index contributed by atoms with van der Waals surface area (Å²) >= 11 is 0. The summed E-state index contributed by atoms with van der Waals surface area (Å²) in [5.41, 5.74) is -0.670. The number of Topliss-reactive ketones (excluding diaryl/α,β-unsaturated/α-hetero) is 1. The van der Waals surface area contributed by atoms with Gasteiger partial charge in [0.1, 0.15) is 11.4 Å². The number of ether oxygens (including phenoxy) is 1. The van der Waals surface area contributed by atoms with Crippen molar-refractivity contribution in [3.63, 3.8) is 0 Å². The number of nitrogens with one attached hydrogen (secondary N) is 1. The molecule has 1 rings (SSSR count). The maximum atomic E-state index is 12.8. The van der Waals surface area contributed by atoms with E-state index in [-0.39, 0.29) is 18.0 Å². The van der Waals surface area contributed by atoms with E-state index in [0.717, 1.165) is 0 Å². The number of amides is 1. The van der Waals surface area contributed by atoms with E-state index in [1.165, 1.54) is 24.3 Å². The van der Waals surface area contributed by atoms with Crippen molar-refractivity contribution in [3.05, 3.63) is 35.6 Å². The van der Waals surface area contributed by atoms with Crippen LogP contribution in [0.5, 0.6) is 0 Å². The first-order valence-corrected chi connectivity index (χ1v) is 7.28. The Hall–Kier alpha value is -1.91. The highest BCUT2D eigenvalue weighted by atomic mass is 19.1. The quantitative estimate of drug-likeness (QED) is 0.833. The van der Waals surface area contributed by atoms with Gasteiger partial charge in [0.05, 0.1) is 0 Å². The van der Waals surface area contributed by atoms with E-state index >= 15 is 0 Å². The lowest BCUT2D eigenvalue weighted by Crippen LogP contribution is -2.46. The lowest BCUT2D eigenvalue weighted by Gasteiger charge is -2.28. The molecule has 1 aromatic rings. The number of benzene rings is 1. The number of rotatable bonds is 5. The molecule has 5 heteroatoms. The summed E-state index contributed by atoms with van der Waals surface area (Å²) < 4.78 is 18.0. The van der Waals surface area contributed by atoms with Gasteiger partial charge in [-0.2, -0.15) is 0 Å². The van der Waals surface area contributed by atoms with Gasteiger partial charge < -0.3 is 10.1 Å². The summed E-state index contributed by atoms with van der Waals surface area (Å²) in [6.45, 7) is 9.02. The van der Waals surface area contributed by atoms with E-state index in [0.29, 0.717) is 12.0 Å². The SMILES string of the molecule is CC(C)(CCC(=O)c1ccc(F)cc1)NC(=O)OC(C)(C)C. The Balaban J connectivity index is 2.52. The van der Waals surface area contributed by atoms with E-state index in [1.54, 1.807) is 20.8 Å². The zero-order valence-corrected chi connectivity index (χ0v) is 13.8. The van der Waals surface area contributed by atoms with Crippen LogP contribution in [0.3, 0.4) is 0 Å². The lowest BCUT2D eigenvalue weighted by molar-refractivity contribution is 0.0464. The molecule has 4 nitrogen and oxygen atoms in total. The molecular weight excluding hydrogens is 285 g/mol. The van der Waals surface area contributed by atoms with Crippen LogP contribution in [0.15, 0.2) is 24.3 Å². The van der Waals surface area contributed by atoms with Crippen LogP contribution in [-0.2, 0) is 4.74 Å². The maximum absolute atomic E-state index is 12.8. The highest BCUT2D eigenvalue weighted by Crippen LogP contribution is 2.16. The Morgan fingerprint density at radius 3 is 2.14 bits per heavy atom. The first-order valence-electron chi connectivity index (χ1n) is 7.28.